The maximum absolute atomic E-state index is 11.6. The van der Waals surface area contributed by atoms with Gasteiger partial charge in [0.2, 0.25) is 10.0 Å². The summed E-state index contributed by atoms with van der Waals surface area (Å²) in [4.78, 5) is 4.48. The Morgan fingerprint density at radius 2 is 1.68 bits per heavy atom. The highest BCUT2D eigenvalue weighted by Gasteiger charge is 2.10. The van der Waals surface area contributed by atoms with Crippen LogP contribution in [0, 0.1) is 0 Å². The van der Waals surface area contributed by atoms with E-state index in [0.717, 1.165) is 12.0 Å². The van der Waals surface area contributed by atoms with E-state index in [4.69, 9.17) is 5.73 Å². The summed E-state index contributed by atoms with van der Waals surface area (Å²) in [7, 11) is -2.02. The molecule has 25 heavy (non-hydrogen) atoms. The molecule has 0 aliphatic rings. The fourth-order valence-corrected chi connectivity index (χ4v) is 2.83. The van der Waals surface area contributed by atoms with Gasteiger partial charge in [0.1, 0.15) is 0 Å². The van der Waals surface area contributed by atoms with Crippen molar-refractivity contribution in [1.29, 1.82) is 0 Å². The van der Waals surface area contributed by atoms with Gasteiger partial charge in [-0.2, -0.15) is 0 Å². The lowest BCUT2D eigenvalue weighted by atomic mass is 10.1. The molecule has 2 rings (SSSR count). The predicted octanol–water partition coefficient (Wildman–Crippen LogP) is 1.86. The van der Waals surface area contributed by atoms with Crippen molar-refractivity contribution in [2.75, 3.05) is 13.6 Å². The SMILES string of the molecule is CNS(=O)(=O)c1ccc(CN=C(N)NCCc2ccccc2)cc1.I. The number of nitrogens with two attached hydrogens (primary N) is 1. The van der Waals surface area contributed by atoms with E-state index in [9.17, 15) is 8.42 Å². The normalized spacial score (nSPS) is 11.6. The fourth-order valence-electron chi connectivity index (χ4n) is 2.10. The number of hydrogen-bond acceptors (Lipinski definition) is 3. The molecule has 0 radical (unpaired) electrons. The monoisotopic (exact) mass is 474 g/mol. The number of guanidine groups is 1. The van der Waals surface area contributed by atoms with E-state index < -0.39 is 10.0 Å². The van der Waals surface area contributed by atoms with Gasteiger partial charge in [-0.15, -0.1) is 24.0 Å². The molecule has 0 aromatic heterocycles. The van der Waals surface area contributed by atoms with Gasteiger partial charge in [0.25, 0.3) is 0 Å². The molecule has 0 amide bonds. The van der Waals surface area contributed by atoms with E-state index in [-0.39, 0.29) is 28.9 Å². The molecule has 0 aliphatic heterocycles. The number of nitrogens with zero attached hydrogens (tertiary/aromatic N) is 1. The van der Waals surface area contributed by atoms with Crippen LogP contribution < -0.4 is 15.8 Å². The van der Waals surface area contributed by atoms with E-state index in [2.05, 4.69) is 27.2 Å². The minimum atomic E-state index is -3.41. The van der Waals surface area contributed by atoms with Gasteiger partial charge >= 0.3 is 0 Å². The molecule has 2 aromatic rings. The Hall–Kier alpha value is -1.65. The first-order chi connectivity index (χ1) is 11.5. The fraction of sp³-hybridized carbons (Fsp3) is 0.235. The van der Waals surface area contributed by atoms with Gasteiger partial charge < -0.3 is 11.1 Å². The van der Waals surface area contributed by atoms with Crippen LogP contribution >= 0.6 is 24.0 Å². The molecule has 0 saturated heterocycles. The first-order valence-corrected chi connectivity index (χ1v) is 9.10. The molecule has 6 nitrogen and oxygen atoms in total. The first kappa shape index (κ1) is 21.4. The van der Waals surface area contributed by atoms with Crippen LogP contribution in [0.15, 0.2) is 64.5 Å². The van der Waals surface area contributed by atoms with E-state index in [1.807, 2.05) is 18.2 Å². The number of hydrogen-bond donors (Lipinski definition) is 3. The Bertz CT molecular complexity index is 778. The second kappa shape index (κ2) is 10.4. The molecule has 0 atom stereocenters. The molecule has 0 spiro atoms. The van der Waals surface area contributed by atoms with Crippen molar-refractivity contribution >= 4 is 40.0 Å². The average Bonchev–Trinajstić information content (AvgIpc) is 2.61. The highest BCUT2D eigenvalue weighted by molar-refractivity contribution is 14.0. The number of halogens is 1. The lowest BCUT2D eigenvalue weighted by Crippen LogP contribution is -2.33. The van der Waals surface area contributed by atoms with Crippen LogP contribution in [0.4, 0.5) is 0 Å². The number of sulfonamides is 1. The van der Waals surface area contributed by atoms with Gasteiger partial charge in [0, 0.05) is 6.54 Å². The zero-order chi connectivity index (χ0) is 17.4. The van der Waals surface area contributed by atoms with E-state index in [1.165, 1.54) is 12.6 Å². The van der Waals surface area contributed by atoms with Gasteiger partial charge in [-0.1, -0.05) is 42.5 Å². The molecule has 2 aromatic carbocycles. The Balaban J connectivity index is 0.00000312. The van der Waals surface area contributed by atoms with Crippen molar-refractivity contribution in [3.05, 3.63) is 65.7 Å². The summed E-state index contributed by atoms with van der Waals surface area (Å²) in [5.74, 6) is 0.373. The summed E-state index contributed by atoms with van der Waals surface area (Å²) in [6.45, 7) is 1.10. The molecule has 8 heteroatoms. The number of aliphatic imine (C=N–C) groups is 1. The third kappa shape index (κ3) is 7.00. The van der Waals surface area contributed by atoms with Crippen LogP contribution in [0.25, 0.3) is 0 Å². The second-order valence-electron chi connectivity index (χ2n) is 5.22. The summed E-state index contributed by atoms with van der Waals surface area (Å²) in [5, 5.41) is 3.07. The van der Waals surface area contributed by atoms with Crippen molar-refractivity contribution in [2.24, 2.45) is 10.7 Å². The van der Waals surface area contributed by atoms with Gasteiger partial charge in [-0.05, 0) is 36.7 Å². The highest BCUT2D eigenvalue weighted by atomic mass is 127. The van der Waals surface area contributed by atoms with Crippen molar-refractivity contribution in [3.8, 4) is 0 Å². The number of rotatable bonds is 7. The molecule has 0 aliphatic carbocycles. The molecular weight excluding hydrogens is 451 g/mol. The van der Waals surface area contributed by atoms with Gasteiger partial charge in [0.15, 0.2) is 5.96 Å². The Morgan fingerprint density at radius 3 is 2.28 bits per heavy atom. The van der Waals surface area contributed by atoms with Crippen molar-refractivity contribution in [2.45, 2.75) is 17.9 Å². The third-order valence-corrected chi connectivity index (χ3v) is 4.93. The van der Waals surface area contributed by atoms with Crippen molar-refractivity contribution in [1.82, 2.24) is 10.0 Å². The number of benzene rings is 2. The largest absolute Gasteiger partial charge is 0.370 e. The summed E-state index contributed by atoms with van der Waals surface area (Å²) in [6.07, 6.45) is 0.869. The molecule has 0 saturated carbocycles. The first-order valence-electron chi connectivity index (χ1n) is 7.61. The quantitative estimate of drug-likeness (QED) is 0.324. The Labute approximate surface area is 166 Å². The zero-order valence-electron chi connectivity index (χ0n) is 14.0. The lowest BCUT2D eigenvalue weighted by Gasteiger charge is -2.06. The molecule has 4 N–H and O–H groups in total. The Kier molecular flexibility index (Phi) is 8.87. The predicted molar refractivity (Wildman–Crippen MR) is 112 cm³/mol. The molecule has 0 unspecified atom stereocenters. The van der Waals surface area contributed by atoms with E-state index in [0.29, 0.717) is 19.0 Å². The van der Waals surface area contributed by atoms with E-state index in [1.54, 1.807) is 24.3 Å². The second-order valence-corrected chi connectivity index (χ2v) is 7.10. The molecule has 0 fully saturated rings. The standard InChI is InChI=1S/C17H22N4O2S.HI/c1-19-24(22,23)16-9-7-15(8-10-16)13-21-17(18)20-12-11-14-5-3-2-4-6-14;/h2-10,19H,11-13H2,1H3,(H3,18,20,21);1H. The molecule has 0 heterocycles. The van der Waals surface area contributed by atoms with Crippen LogP contribution in [-0.2, 0) is 23.0 Å². The maximum Gasteiger partial charge on any atom is 0.240 e. The highest BCUT2D eigenvalue weighted by Crippen LogP contribution is 2.10. The summed E-state index contributed by atoms with van der Waals surface area (Å²) in [5.41, 5.74) is 7.96. The van der Waals surface area contributed by atoms with Crippen LogP contribution in [0.5, 0.6) is 0 Å². The lowest BCUT2D eigenvalue weighted by molar-refractivity contribution is 0.588. The molecular formula is C17H23IN4O2S. The van der Waals surface area contributed by atoms with E-state index >= 15 is 0 Å². The molecule has 0 bridgehead atoms. The summed E-state index contributed by atoms with van der Waals surface area (Å²) in [6, 6.07) is 16.7. The van der Waals surface area contributed by atoms with Crippen LogP contribution in [0.1, 0.15) is 11.1 Å². The minimum absolute atomic E-state index is 0. The zero-order valence-corrected chi connectivity index (χ0v) is 17.1. The minimum Gasteiger partial charge on any atom is -0.370 e. The maximum atomic E-state index is 11.6. The van der Waals surface area contributed by atoms with Gasteiger partial charge in [-0.25, -0.2) is 18.1 Å². The van der Waals surface area contributed by atoms with Crippen LogP contribution in [-0.4, -0.2) is 28.0 Å². The average molecular weight is 474 g/mol. The van der Waals surface area contributed by atoms with Gasteiger partial charge in [-0.3, -0.25) is 0 Å². The smallest absolute Gasteiger partial charge is 0.240 e. The van der Waals surface area contributed by atoms with Gasteiger partial charge in [0.05, 0.1) is 11.4 Å². The number of nitrogens with one attached hydrogen (secondary N) is 2. The van der Waals surface area contributed by atoms with Crippen molar-refractivity contribution in [3.63, 3.8) is 0 Å². The topological polar surface area (TPSA) is 96.6 Å². The summed E-state index contributed by atoms with van der Waals surface area (Å²) >= 11 is 0. The van der Waals surface area contributed by atoms with Crippen molar-refractivity contribution < 1.29 is 8.42 Å². The summed E-state index contributed by atoms with van der Waals surface area (Å²) < 4.78 is 25.6. The molecule has 136 valence electrons. The Morgan fingerprint density at radius 1 is 1.04 bits per heavy atom. The van der Waals surface area contributed by atoms with Crippen LogP contribution in [0.3, 0.4) is 0 Å². The third-order valence-electron chi connectivity index (χ3n) is 3.50. The van der Waals surface area contributed by atoms with Crippen LogP contribution in [0.2, 0.25) is 0 Å².